The van der Waals surface area contributed by atoms with Crippen molar-refractivity contribution in [2.24, 2.45) is 0 Å². The zero-order chi connectivity index (χ0) is 97.4. The maximum atomic E-state index is 9.88. The van der Waals surface area contributed by atoms with Gasteiger partial charge >= 0.3 is 0 Å². The molecule has 1 aliphatic rings. The Labute approximate surface area is 548 Å². The SMILES string of the molecule is [2H]c1c([2H])c([2H])c2c(c1[2H])-c1c([2H])c([2H])c(-c3c4c([2H])c([2H])c([2H])c([2H])c4c(-c4c([2H])c([2H])c5oc6c([2H])c([2H])c([2H])c([2H])c6c5c4[2H])c4c([2H])c([2H])c([2H])c([2H])c34)c([2H])c1C2(C)C([2H])([2H])[2H].[2H]c1c([2H])c([2H])c2c(oc3c([2H])c([2H])c(-c4c5c([2H])c([2H])c([2H])c([2H])c5c(-c5c([2H])c([2H])c([2H])c6c5c([2H])c([2H])c5c([2H])c([2H])c([2H])c([2H])c56)c5c([2H])c([2H])c([2H])c([2H])c45)c([2H])c32)c1[2H]. The van der Waals surface area contributed by atoms with Crippen molar-refractivity contribution in [3.8, 4) is 55.6 Å². The minimum absolute atomic E-state index is 0.400. The molecule has 2 aromatic heterocycles. The fraction of sp³-hybridized carbons (Fsp3) is 0.0370. The van der Waals surface area contributed by atoms with E-state index in [9.17, 15) is 23.3 Å². The number of para-hydroxylation sites is 2. The van der Waals surface area contributed by atoms with Crippen molar-refractivity contribution in [1.29, 1.82) is 0 Å². The van der Waals surface area contributed by atoms with Gasteiger partial charge in [0.15, 0.2) is 0 Å². The van der Waals surface area contributed by atoms with E-state index in [2.05, 4.69) is 0 Å². The Kier molecular flexibility index (Phi) is 4.30. The van der Waals surface area contributed by atoms with Gasteiger partial charge in [0, 0.05) is 31.1 Å². The minimum Gasteiger partial charge on any atom is -0.456 e. The van der Waals surface area contributed by atoms with Crippen molar-refractivity contribution in [3.63, 3.8) is 0 Å². The van der Waals surface area contributed by atoms with Crippen LogP contribution in [0.4, 0.5) is 0 Å². The molecule has 0 spiro atoms. The maximum absolute atomic E-state index is 9.88. The van der Waals surface area contributed by atoms with Crippen molar-refractivity contribution in [2.45, 2.75) is 19.2 Å². The highest BCUT2D eigenvalue weighted by atomic mass is 16.3. The number of benzene rings is 15. The first-order chi connectivity index (χ1) is 61.4. The Bertz CT molecular complexity index is 8350. The molecular formula is C81H52O2. The highest BCUT2D eigenvalue weighted by Gasteiger charge is 2.35. The highest BCUT2D eigenvalue weighted by molar-refractivity contribution is 6.26. The van der Waals surface area contributed by atoms with Gasteiger partial charge in [-0.2, -0.15) is 0 Å². The molecule has 0 amide bonds. The molecule has 2 heteroatoms. The van der Waals surface area contributed by atoms with Crippen molar-refractivity contribution in [1.82, 2.24) is 0 Å². The fourth-order valence-corrected chi connectivity index (χ4v) is 10.8. The molecule has 0 saturated heterocycles. The average Bonchev–Trinajstić information content (AvgIpc) is 1.41. The summed E-state index contributed by atoms with van der Waals surface area (Å²) >= 11 is 0. The lowest BCUT2D eigenvalue weighted by atomic mass is 9.80. The molecule has 15 aromatic carbocycles. The van der Waals surface area contributed by atoms with E-state index in [-0.39, 0.29) is 0 Å². The van der Waals surface area contributed by atoms with Crippen LogP contribution in [0.5, 0.6) is 0 Å². The van der Waals surface area contributed by atoms with Crippen LogP contribution < -0.4 is 0 Å². The Balaban J connectivity index is 0.000000184. The molecule has 2 heterocycles. The zero-order valence-corrected chi connectivity index (χ0v) is 41.8. The molecule has 83 heavy (non-hydrogen) atoms. The molecule has 18 rings (SSSR count). The lowest BCUT2D eigenvalue weighted by molar-refractivity contribution is 0.660. The van der Waals surface area contributed by atoms with Gasteiger partial charge in [-0.05, 0) is 174 Å². The lowest BCUT2D eigenvalue weighted by Crippen LogP contribution is -2.14. The van der Waals surface area contributed by atoms with Gasteiger partial charge in [0.25, 0.3) is 0 Å². The number of fused-ring (bicyclic) bond motifs is 16. The molecule has 0 N–H and O–H groups in total. The first kappa shape index (κ1) is 19.6. The van der Waals surface area contributed by atoms with Crippen LogP contribution in [0.1, 0.15) is 92.1 Å². The summed E-state index contributed by atoms with van der Waals surface area (Å²) in [5.74, 6) is 0. The Hall–Kier alpha value is -10.5. The largest absolute Gasteiger partial charge is 0.456 e. The molecule has 0 radical (unpaired) electrons. The summed E-state index contributed by atoms with van der Waals surface area (Å²) in [6, 6.07) is -39.9. The predicted octanol–water partition coefficient (Wildman–Crippen LogP) is 23.1. The maximum Gasteiger partial charge on any atom is 0.135 e. The van der Waals surface area contributed by atoms with Crippen molar-refractivity contribution in [3.05, 3.63) is 289 Å². The van der Waals surface area contributed by atoms with E-state index in [0.29, 0.717) is 0 Å². The van der Waals surface area contributed by atoms with E-state index in [0.717, 1.165) is 6.92 Å². The van der Waals surface area contributed by atoms with Gasteiger partial charge in [0.2, 0.25) is 0 Å². The van der Waals surface area contributed by atoms with Crippen molar-refractivity contribution >= 4 is 109 Å². The van der Waals surface area contributed by atoms with E-state index in [1.165, 1.54) is 0 Å². The molecule has 0 aliphatic heterocycles. The predicted molar refractivity (Wildman–Crippen MR) is 352 cm³/mol. The summed E-state index contributed by atoms with van der Waals surface area (Å²) in [6.45, 7) is -2.20. The van der Waals surface area contributed by atoms with Gasteiger partial charge in [-0.3, -0.25) is 0 Å². The van der Waals surface area contributed by atoms with Gasteiger partial charge in [-0.25, -0.2) is 0 Å². The molecule has 0 fully saturated rings. The molecule has 1 unspecified atom stereocenters. The average molecular weight is 1110 g/mol. The Morgan fingerprint density at radius 2 is 0.651 bits per heavy atom. The van der Waals surface area contributed by atoms with Crippen LogP contribution in [-0.4, -0.2) is 0 Å². The van der Waals surface area contributed by atoms with Crippen LogP contribution in [0.3, 0.4) is 0 Å². The summed E-state index contributed by atoms with van der Waals surface area (Å²) in [5, 5.41) is -9.44. The number of hydrogen-bond acceptors (Lipinski definition) is 2. The van der Waals surface area contributed by atoms with Crippen molar-refractivity contribution in [2.75, 3.05) is 0 Å². The molecule has 17 aromatic rings. The molecule has 1 aliphatic carbocycles. The third-order valence-electron chi connectivity index (χ3n) is 14.4. The van der Waals surface area contributed by atoms with E-state index < -0.39 is 465 Å². The second kappa shape index (κ2) is 18.2. The Morgan fingerprint density at radius 3 is 1.18 bits per heavy atom. The standard InChI is InChI=1S/C41H28O.C40H24O/c1-41(2)35-17-9-7-11-27(35)28-21-19-26(24-36(28)41)40-32-15-5-3-13-30(32)39(31-14-4-6-16-33(31)40)25-20-22-38-34(23-25)29-12-8-10-18-37(29)42-38;1-2-11-27-25(10-1)20-22-29-28(27)17-9-18-31(29)40-34-15-5-3-13-32(34)39(33-14-4-6-16-35(33)40)26-21-23-38-36(24-26)30-12-7-8-19-37(30)41-38/h3-24H,1-2H3;1-24H/i1D3,3D,4D,5D,6D,7D,8D,9D,10D,11D,12D,13D,14D,15D,16D,17D,18D,19D,20D,21D,22D,23D,24D;1D,2D,3D,4D,5D,6D,7D,8D,9D,10D,11D,12D,13D,14D,15D,16D,17D,18D,19D,20D,21D,22D,23D,24D. The topological polar surface area (TPSA) is 26.3 Å². The summed E-state index contributed by atoms with van der Waals surface area (Å²) in [4.78, 5) is 0. The minimum atomic E-state index is -3.27. The van der Waals surface area contributed by atoms with Crippen LogP contribution in [0.2, 0.25) is 0 Å². The first-order valence-electron chi connectivity index (χ1n) is 49.3. The number of hydrogen-bond donors (Lipinski definition) is 0. The summed E-state index contributed by atoms with van der Waals surface area (Å²) in [7, 11) is 0. The first-order valence-corrected chi connectivity index (χ1v) is 24.8. The number of furan rings is 2. The van der Waals surface area contributed by atoms with Crippen LogP contribution in [-0.2, 0) is 5.41 Å². The second-order valence-electron chi connectivity index (χ2n) is 18.9. The molecule has 1 atom stereocenters. The van der Waals surface area contributed by atoms with E-state index in [1.54, 1.807) is 0 Å². The van der Waals surface area contributed by atoms with Crippen LogP contribution >= 0.6 is 0 Å². The molecule has 388 valence electrons. The monoisotopic (exact) mass is 1110 g/mol. The molecule has 0 saturated carbocycles. The van der Waals surface area contributed by atoms with Crippen LogP contribution in [0.15, 0.2) is 287 Å². The molecular weight excluding hydrogens is 1000 g/mol. The Morgan fingerprint density at radius 1 is 0.265 bits per heavy atom. The molecule has 2 nitrogen and oxygen atoms in total. The van der Waals surface area contributed by atoms with E-state index >= 15 is 0 Å². The van der Waals surface area contributed by atoms with Gasteiger partial charge in [-0.1, -0.05) is 249 Å². The van der Waals surface area contributed by atoms with Crippen LogP contribution in [0, 0.1) is 0 Å². The van der Waals surface area contributed by atoms with Crippen LogP contribution in [0.25, 0.3) is 164 Å². The van der Waals surface area contributed by atoms with E-state index in [1.807, 2.05) is 0 Å². The fourth-order valence-electron chi connectivity index (χ4n) is 10.8. The van der Waals surface area contributed by atoms with Gasteiger partial charge < -0.3 is 8.83 Å². The highest BCUT2D eigenvalue weighted by Crippen LogP contribution is 2.52. The van der Waals surface area contributed by atoms with Crippen molar-refractivity contribution < 1.29 is 76.0 Å². The summed E-state index contributed by atoms with van der Waals surface area (Å²) in [5.41, 5.74) is -12.4. The third-order valence-corrected chi connectivity index (χ3v) is 14.4. The summed E-state index contributed by atoms with van der Waals surface area (Å²) in [6.07, 6.45) is 0. The normalized spacial score (nSPS) is 22.4. The van der Waals surface area contributed by atoms with Gasteiger partial charge in [0.05, 0.1) is 63.1 Å². The lowest BCUT2D eigenvalue weighted by Gasteiger charge is -2.23. The summed E-state index contributed by atoms with van der Waals surface area (Å²) < 4.78 is 450. The third kappa shape index (κ3) is 7.16. The number of rotatable bonds is 4. The quantitative estimate of drug-likeness (QED) is 0.130. The van der Waals surface area contributed by atoms with Gasteiger partial charge in [0.1, 0.15) is 22.3 Å². The smallest absolute Gasteiger partial charge is 0.135 e. The zero-order valence-electron chi connectivity index (χ0n) is 90.8. The van der Waals surface area contributed by atoms with E-state index in [4.69, 9.17) is 52.7 Å². The molecule has 0 bridgehead atoms. The second-order valence-corrected chi connectivity index (χ2v) is 18.9. The van der Waals surface area contributed by atoms with Gasteiger partial charge in [-0.15, -0.1) is 0 Å².